The van der Waals surface area contributed by atoms with Gasteiger partial charge in [-0.1, -0.05) is 23.1 Å². The average molecular weight is 323 g/mol. The Bertz CT molecular complexity index is 800. The molecule has 6 nitrogen and oxygen atoms in total. The fourth-order valence-electron chi connectivity index (χ4n) is 1.64. The second kappa shape index (κ2) is 5.78. The molecule has 2 aromatic heterocycles. The van der Waals surface area contributed by atoms with E-state index in [4.69, 9.17) is 0 Å². The highest BCUT2D eigenvalue weighted by molar-refractivity contribution is 7.99. The molecule has 0 aliphatic rings. The van der Waals surface area contributed by atoms with Crippen LogP contribution in [0.25, 0.3) is 10.2 Å². The molecule has 0 atom stereocenters. The van der Waals surface area contributed by atoms with Crippen LogP contribution in [0.3, 0.4) is 0 Å². The van der Waals surface area contributed by atoms with E-state index in [0.29, 0.717) is 20.5 Å². The van der Waals surface area contributed by atoms with Crippen LogP contribution in [0.5, 0.6) is 0 Å². The molecule has 3 aromatic rings. The number of halogens is 1. The van der Waals surface area contributed by atoms with Crippen molar-refractivity contribution in [1.82, 2.24) is 19.7 Å². The molecule has 21 heavy (non-hydrogen) atoms. The second-order valence-corrected chi connectivity index (χ2v) is 6.17. The van der Waals surface area contributed by atoms with Crippen LogP contribution in [0.4, 0.5) is 9.52 Å². The first-order valence-corrected chi connectivity index (χ1v) is 7.75. The van der Waals surface area contributed by atoms with Crippen LogP contribution in [0.2, 0.25) is 0 Å². The van der Waals surface area contributed by atoms with Gasteiger partial charge in [0.1, 0.15) is 12.1 Å². The molecule has 0 aliphatic heterocycles. The number of fused-ring (bicyclic) bond motifs is 1. The van der Waals surface area contributed by atoms with Crippen molar-refractivity contribution in [2.75, 3.05) is 11.1 Å². The molecule has 0 spiro atoms. The molecule has 2 heterocycles. The SMILES string of the molecule is Cn1cnnc1SCC(=O)Nc1nc2ccc(F)cc2s1. The number of carbonyl (C=O) groups excluding carboxylic acids is 1. The van der Waals surface area contributed by atoms with Gasteiger partial charge in [-0.25, -0.2) is 9.37 Å². The van der Waals surface area contributed by atoms with Crippen molar-refractivity contribution in [1.29, 1.82) is 0 Å². The van der Waals surface area contributed by atoms with E-state index in [0.717, 1.165) is 0 Å². The molecule has 0 saturated heterocycles. The summed E-state index contributed by atoms with van der Waals surface area (Å²) in [6, 6.07) is 4.33. The van der Waals surface area contributed by atoms with Gasteiger partial charge in [0.2, 0.25) is 5.91 Å². The third-order valence-electron chi connectivity index (χ3n) is 2.60. The smallest absolute Gasteiger partial charge is 0.236 e. The number of nitrogens with zero attached hydrogens (tertiary/aromatic N) is 4. The molecule has 0 bridgehead atoms. The quantitative estimate of drug-likeness (QED) is 0.746. The maximum Gasteiger partial charge on any atom is 0.236 e. The topological polar surface area (TPSA) is 72.7 Å². The average Bonchev–Trinajstić information content (AvgIpc) is 3.01. The van der Waals surface area contributed by atoms with Gasteiger partial charge in [-0.3, -0.25) is 4.79 Å². The molecule has 0 radical (unpaired) electrons. The van der Waals surface area contributed by atoms with Crippen LogP contribution in [-0.2, 0) is 11.8 Å². The number of nitrogens with one attached hydrogen (secondary N) is 1. The third-order valence-corrected chi connectivity index (χ3v) is 4.57. The molecule has 1 N–H and O–H groups in total. The third kappa shape index (κ3) is 3.19. The molecule has 0 fully saturated rings. The lowest BCUT2D eigenvalue weighted by molar-refractivity contribution is -0.113. The Morgan fingerprint density at radius 2 is 2.38 bits per heavy atom. The van der Waals surface area contributed by atoms with Crippen molar-refractivity contribution in [2.45, 2.75) is 5.16 Å². The van der Waals surface area contributed by atoms with Crippen LogP contribution in [0.1, 0.15) is 0 Å². The first-order chi connectivity index (χ1) is 10.1. The summed E-state index contributed by atoms with van der Waals surface area (Å²) in [5.41, 5.74) is 0.664. The number of anilines is 1. The number of aromatic nitrogens is 4. The van der Waals surface area contributed by atoms with Gasteiger partial charge in [0, 0.05) is 7.05 Å². The maximum absolute atomic E-state index is 13.1. The van der Waals surface area contributed by atoms with E-state index in [2.05, 4.69) is 20.5 Å². The summed E-state index contributed by atoms with van der Waals surface area (Å²) in [5, 5.41) is 11.4. The van der Waals surface area contributed by atoms with Crippen molar-refractivity contribution in [3.63, 3.8) is 0 Å². The predicted molar refractivity (Wildman–Crippen MR) is 79.9 cm³/mol. The Morgan fingerprint density at radius 3 is 3.14 bits per heavy atom. The van der Waals surface area contributed by atoms with E-state index in [9.17, 15) is 9.18 Å². The van der Waals surface area contributed by atoms with Crippen LogP contribution < -0.4 is 5.32 Å². The zero-order valence-corrected chi connectivity index (χ0v) is 12.5. The molecular weight excluding hydrogens is 313 g/mol. The number of amides is 1. The summed E-state index contributed by atoms with van der Waals surface area (Å²) in [6.07, 6.45) is 1.57. The molecule has 0 unspecified atom stereocenters. The van der Waals surface area contributed by atoms with Gasteiger partial charge in [0.25, 0.3) is 0 Å². The lowest BCUT2D eigenvalue weighted by Crippen LogP contribution is -2.14. The van der Waals surface area contributed by atoms with Crippen molar-refractivity contribution >= 4 is 44.4 Å². The number of hydrogen-bond acceptors (Lipinski definition) is 6. The van der Waals surface area contributed by atoms with Gasteiger partial charge in [0.05, 0.1) is 16.0 Å². The number of hydrogen-bond donors (Lipinski definition) is 1. The first-order valence-electron chi connectivity index (χ1n) is 5.94. The molecule has 1 aromatic carbocycles. The van der Waals surface area contributed by atoms with Crippen molar-refractivity contribution < 1.29 is 9.18 Å². The number of carbonyl (C=O) groups is 1. The molecule has 1 amide bonds. The van der Waals surface area contributed by atoms with E-state index < -0.39 is 0 Å². The molecule has 3 rings (SSSR count). The van der Waals surface area contributed by atoms with Gasteiger partial charge < -0.3 is 9.88 Å². The zero-order valence-electron chi connectivity index (χ0n) is 10.9. The summed E-state index contributed by atoms with van der Waals surface area (Å²) in [7, 11) is 1.81. The zero-order chi connectivity index (χ0) is 14.8. The highest BCUT2D eigenvalue weighted by atomic mass is 32.2. The molecule has 108 valence electrons. The molecular formula is C12H10FN5OS2. The number of benzene rings is 1. The van der Waals surface area contributed by atoms with E-state index in [1.807, 2.05) is 7.05 Å². The van der Waals surface area contributed by atoms with E-state index in [1.165, 1.54) is 35.2 Å². The van der Waals surface area contributed by atoms with E-state index in [-0.39, 0.29) is 17.5 Å². The van der Waals surface area contributed by atoms with Crippen LogP contribution >= 0.6 is 23.1 Å². The minimum Gasteiger partial charge on any atom is -0.312 e. The van der Waals surface area contributed by atoms with E-state index >= 15 is 0 Å². The van der Waals surface area contributed by atoms with Gasteiger partial charge >= 0.3 is 0 Å². The Morgan fingerprint density at radius 1 is 1.52 bits per heavy atom. The lowest BCUT2D eigenvalue weighted by Gasteiger charge is -2.00. The number of thioether (sulfide) groups is 1. The van der Waals surface area contributed by atoms with Crippen molar-refractivity contribution in [3.8, 4) is 0 Å². The van der Waals surface area contributed by atoms with Gasteiger partial charge in [-0.15, -0.1) is 10.2 Å². The summed E-state index contributed by atoms with van der Waals surface area (Å²) in [4.78, 5) is 16.1. The minimum atomic E-state index is -0.318. The van der Waals surface area contributed by atoms with Gasteiger partial charge in [0.15, 0.2) is 10.3 Å². The minimum absolute atomic E-state index is 0.192. The lowest BCUT2D eigenvalue weighted by atomic mass is 10.3. The monoisotopic (exact) mass is 323 g/mol. The Labute approximate surface area is 127 Å². The van der Waals surface area contributed by atoms with Crippen molar-refractivity contribution in [3.05, 3.63) is 30.3 Å². The summed E-state index contributed by atoms with van der Waals surface area (Å²) >= 11 is 2.53. The van der Waals surface area contributed by atoms with Gasteiger partial charge in [-0.05, 0) is 18.2 Å². The molecule has 9 heteroatoms. The molecule has 0 aliphatic carbocycles. The Kier molecular flexibility index (Phi) is 3.84. The fourth-order valence-corrected chi connectivity index (χ4v) is 3.24. The first kappa shape index (κ1) is 14.0. The fraction of sp³-hybridized carbons (Fsp3) is 0.167. The van der Waals surface area contributed by atoms with Crippen LogP contribution in [0, 0.1) is 5.82 Å². The summed E-state index contributed by atoms with van der Waals surface area (Å²) < 4.78 is 15.5. The summed E-state index contributed by atoms with van der Waals surface area (Å²) in [5.74, 6) is -0.305. The number of rotatable bonds is 4. The summed E-state index contributed by atoms with van der Waals surface area (Å²) in [6.45, 7) is 0. The Balaban J connectivity index is 1.64. The largest absolute Gasteiger partial charge is 0.312 e. The van der Waals surface area contributed by atoms with Crippen LogP contribution in [0.15, 0.2) is 29.7 Å². The van der Waals surface area contributed by atoms with Crippen molar-refractivity contribution in [2.24, 2.45) is 7.05 Å². The highest BCUT2D eigenvalue weighted by Crippen LogP contribution is 2.26. The van der Waals surface area contributed by atoms with Crippen LogP contribution in [-0.4, -0.2) is 31.4 Å². The maximum atomic E-state index is 13.1. The highest BCUT2D eigenvalue weighted by Gasteiger charge is 2.10. The number of thiazole rings is 1. The molecule has 0 saturated carbocycles. The Hall–Kier alpha value is -2.00. The second-order valence-electron chi connectivity index (χ2n) is 4.19. The predicted octanol–water partition coefficient (Wildman–Crippen LogP) is 2.29. The normalized spacial score (nSPS) is 11.0. The van der Waals surface area contributed by atoms with Gasteiger partial charge in [-0.2, -0.15) is 0 Å². The number of aryl methyl sites for hydroxylation is 1. The van der Waals surface area contributed by atoms with E-state index in [1.54, 1.807) is 17.0 Å². The standard InChI is InChI=1S/C12H10FN5OS2/c1-18-6-14-17-12(18)20-5-10(19)16-11-15-8-3-2-7(13)4-9(8)21-11/h2-4,6H,5H2,1H3,(H,15,16,19).